The number of carboxylic acid groups (broad SMARTS) is 1. The summed E-state index contributed by atoms with van der Waals surface area (Å²) in [4.78, 5) is 41.2. The lowest BCUT2D eigenvalue weighted by Crippen LogP contribution is -2.21. The molecule has 0 amide bonds. The Bertz CT molecular complexity index is 1160. The fourth-order valence-corrected chi connectivity index (χ4v) is 3.79. The van der Waals surface area contributed by atoms with Gasteiger partial charge in [0.1, 0.15) is 10.7 Å². The highest BCUT2D eigenvalue weighted by Crippen LogP contribution is 2.26. The Morgan fingerprint density at radius 2 is 2.11 bits per heavy atom. The molecule has 0 aliphatic rings. The molecule has 2 heterocycles. The molecule has 27 heavy (non-hydrogen) atoms. The summed E-state index contributed by atoms with van der Waals surface area (Å²) in [6.07, 6.45) is 3.65. The predicted octanol–water partition coefficient (Wildman–Crippen LogP) is 2.30. The van der Waals surface area contributed by atoms with Crippen molar-refractivity contribution >= 4 is 45.4 Å². The maximum absolute atomic E-state index is 12.3. The van der Waals surface area contributed by atoms with Gasteiger partial charge in [0.2, 0.25) is 0 Å². The molecule has 0 bridgehead atoms. The van der Waals surface area contributed by atoms with E-state index in [4.69, 9.17) is 0 Å². The summed E-state index contributed by atoms with van der Waals surface area (Å²) in [6.45, 7) is 3.37. The molecule has 0 fully saturated rings. The quantitative estimate of drug-likeness (QED) is 0.531. The summed E-state index contributed by atoms with van der Waals surface area (Å²) in [7, 11) is 0. The molecular weight excluding hydrogens is 370 g/mol. The first-order valence-electron chi connectivity index (χ1n) is 8.02. The molecule has 3 aromatic rings. The Kier molecular flexibility index (Phi) is 4.87. The number of hydrogen-bond donors (Lipinski definition) is 1. The third kappa shape index (κ3) is 3.49. The van der Waals surface area contributed by atoms with Gasteiger partial charge in [-0.1, -0.05) is 25.1 Å². The van der Waals surface area contributed by atoms with Crippen molar-refractivity contribution in [3.8, 4) is 0 Å². The molecule has 138 valence electrons. The smallest absolute Gasteiger partial charge is 0.273 e. The number of aromatic amines is 1. The molecular formula is C18H14N3O5S-. The number of aryl methyl sites for hydroxylation is 2. The summed E-state index contributed by atoms with van der Waals surface area (Å²) >= 11 is 0.877. The average Bonchev–Trinajstić information content (AvgIpc) is 2.97. The number of nitrogens with zero attached hydrogens (tertiary/aromatic N) is 2. The van der Waals surface area contributed by atoms with E-state index in [1.54, 1.807) is 18.2 Å². The van der Waals surface area contributed by atoms with Gasteiger partial charge in [-0.25, -0.2) is 4.98 Å². The molecule has 2 aromatic heterocycles. The number of nitro benzene ring substituents is 1. The molecule has 1 aromatic carbocycles. The minimum atomic E-state index is -1.35. The number of benzene rings is 1. The van der Waals surface area contributed by atoms with Crippen molar-refractivity contribution in [1.29, 1.82) is 0 Å². The van der Waals surface area contributed by atoms with Gasteiger partial charge in [0, 0.05) is 11.6 Å². The Morgan fingerprint density at radius 3 is 2.74 bits per heavy atom. The van der Waals surface area contributed by atoms with Crippen molar-refractivity contribution in [3.05, 3.63) is 66.1 Å². The number of hydrogen-bond acceptors (Lipinski definition) is 7. The van der Waals surface area contributed by atoms with E-state index in [0.717, 1.165) is 11.3 Å². The van der Waals surface area contributed by atoms with Crippen molar-refractivity contribution < 1.29 is 14.8 Å². The Balaban J connectivity index is 2.02. The van der Waals surface area contributed by atoms with Gasteiger partial charge in [-0.05, 0) is 30.5 Å². The largest absolute Gasteiger partial charge is 0.544 e. The second kappa shape index (κ2) is 7.12. The molecule has 0 spiro atoms. The molecule has 0 unspecified atom stereocenters. The van der Waals surface area contributed by atoms with Gasteiger partial charge in [-0.2, -0.15) is 0 Å². The topological polar surface area (TPSA) is 129 Å². The number of nitro groups is 1. The van der Waals surface area contributed by atoms with Gasteiger partial charge in [0.25, 0.3) is 11.2 Å². The van der Waals surface area contributed by atoms with Gasteiger partial charge in [0.05, 0.1) is 21.2 Å². The lowest BCUT2D eigenvalue weighted by Gasteiger charge is -2.01. The highest BCUT2D eigenvalue weighted by Gasteiger charge is 2.15. The number of rotatable bonds is 5. The molecule has 0 radical (unpaired) electrons. The van der Waals surface area contributed by atoms with Crippen LogP contribution in [0.2, 0.25) is 0 Å². The van der Waals surface area contributed by atoms with Crippen LogP contribution in [0, 0.1) is 17.0 Å². The predicted molar refractivity (Wildman–Crippen MR) is 101 cm³/mol. The fraction of sp³-hybridized carbons (Fsp3) is 0.167. The van der Waals surface area contributed by atoms with Crippen molar-refractivity contribution in [2.75, 3.05) is 0 Å². The van der Waals surface area contributed by atoms with Crippen LogP contribution in [0.5, 0.6) is 0 Å². The number of aromatic nitrogens is 2. The number of thiophene rings is 1. The lowest BCUT2D eigenvalue weighted by molar-refractivity contribution is -0.385. The van der Waals surface area contributed by atoms with Crippen LogP contribution < -0.4 is 10.7 Å². The highest BCUT2D eigenvalue weighted by molar-refractivity contribution is 7.20. The second-order valence-corrected chi connectivity index (χ2v) is 6.81. The number of H-pyrrole nitrogens is 1. The van der Waals surface area contributed by atoms with Gasteiger partial charge < -0.3 is 14.9 Å². The Hall–Kier alpha value is -3.33. The number of carboxylic acids is 1. The van der Waals surface area contributed by atoms with E-state index in [9.17, 15) is 24.8 Å². The third-order valence-electron chi connectivity index (χ3n) is 4.12. The van der Waals surface area contributed by atoms with Gasteiger partial charge in [-0.15, -0.1) is 11.3 Å². The first-order valence-corrected chi connectivity index (χ1v) is 8.83. The van der Waals surface area contributed by atoms with Crippen LogP contribution in [0.15, 0.2) is 23.0 Å². The summed E-state index contributed by atoms with van der Waals surface area (Å²) in [6, 6.07) is 4.88. The zero-order valence-corrected chi connectivity index (χ0v) is 15.3. The summed E-state index contributed by atoms with van der Waals surface area (Å²) < 4.78 is 0. The lowest BCUT2D eigenvalue weighted by atomic mass is 10.1. The molecule has 9 heteroatoms. The average molecular weight is 384 g/mol. The first-order chi connectivity index (χ1) is 12.8. The van der Waals surface area contributed by atoms with E-state index < -0.39 is 16.5 Å². The van der Waals surface area contributed by atoms with E-state index >= 15 is 0 Å². The minimum Gasteiger partial charge on any atom is -0.544 e. The molecule has 0 aliphatic heterocycles. The molecule has 1 N–H and O–H groups in total. The molecule has 8 nitrogen and oxygen atoms in total. The zero-order valence-electron chi connectivity index (χ0n) is 14.4. The van der Waals surface area contributed by atoms with Crippen LogP contribution in [0.25, 0.3) is 22.4 Å². The van der Waals surface area contributed by atoms with E-state index in [1.165, 1.54) is 19.1 Å². The molecule has 0 aliphatic carbocycles. The minimum absolute atomic E-state index is 0.0315. The van der Waals surface area contributed by atoms with E-state index in [1.807, 2.05) is 6.92 Å². The van der Waals surface area contributed by atoms with Crippen LogP contribution in [0.1, 0.15) is 39.1 Å². The molecule has 0 saturated heterocycles. The number of nitrogens with one attached hydrogen (secondary N) is 1. The number of aromatic carboxylic acids is 1. The number of carbonyl (C=O) groups is 1. The zero-order chi connectivity index (χ0) is 19.7. The van der Waals surface area contributed by atoms with Crippen LogP contribution in [0.4, 0.5) is 5.69 Å². The number of fused-ring (bicyclic) bond motifs is 1. The highest BCUT2D eigenvalue weighted by atomic mass is 32.1. The maximum atomic E-state index is 12.3. The second-order valence-electron chi connectivity index (χ2n) is 5.81. The van der Waals surface area contributed by atoms with E-state index in [2.05, 4.69) is 9.97 Å². The Labute approximate surface area is 157 Å². The fourth-order valence-electron chi connectivity index (χ4n) is 2.76. The first kappa shape index (κ1) is 18.5. The van der Waals surface area contributed by atoms with Crippen molar-refractivity contribution in [2.24, 2.45) is 0 Å². The maximum Gasteiger partial charge on any atom is 0.273 e. The van der Waals surface area contributed by atoms with Crippen LogP contribution in [-0.2, 0) is 6.42 Å². The SMILES string of the molecule is CCc1ccc(/C=C/c2nc3sc(C(=O)[O-])c(C)c3c(=O)[nH]2)cc1[N+](=O)[O-]. The Morgan fingerprint density at radius 1 is 1.37 bits per heavy atom. The third-order valence-corrected chi connectivity index (χ3v) is 5.29. The van der Waals surface area contributed by atoms with Crippen molar-refractivity contribution in [3.63, 3.8) is 0 Å². The molecule has 3 rings (SSSR count). The normalized spacial score (nSPS) is 11.3. The van der Waals surface area contributed by atoms with Crippen LogP contribution >= 0.6 is 11.3 Å². The summed E-state index contributed by atoms with van der Waals surface area (Å²) in [5, 5.41) is 22.5. The monoisotopic (exact) mass is 384 g/mol. The molecule has 0 saturated carbocycles. The van der Waals surface area contributed by atoms with E-state index in [-0.39, 0.29) is 21.8 Å². The van der Waals surface area contributed by atoms with Gasteiger partial charge in [-0.3, -0.25) is 14.9 Å². The number of carbonyl (C=O) groups excluding carboxylic acids is 1. The van der Waals surface area contributed by atoms with Crippen LogP contribution in [0.3, 0.4) is 0 Å². The summed E-state index contributed by atoms with van der Waals surface area (Å²) in [5.41, 5.74) is 1.12. The van der Waals surface area contributed by atoms with Crippen molar-refractivity contribution in [1.82, 2.24) is 9.97 Å². The standard InChI is InChI=1S/C18H15N3O5S/c1-3-11-6-4-10(8-12(11)21(25)26)5-7-13-19-16(22)14-9(2)15(18(23)24)27-17(14)20-13/h4-8H,3H2,1-2H3,(H,23,24)(H,19,20,22)/p-1/b7-5+. The van der Waals surface area contributed by atoms with Gasteiger partial charge >= 0.3 is 0 Å². The van der Waals surface area contributed by atoms with Crippen molar-refractivity contribution in [2.45, 2.75) is 20.3 Å². The van der Waals surface area contributed by atoms with Crippen LogP contribution in [-0.4, -0.2) is 20.9 Å². The van der Waals surface area contributed by atoms with E-state index in [0.29, 0.717) is 27.9 Å². The van der Waals surface area contributed by atoms with Gasteiger partial charge in [0.15, 0.2) is 0 Å². The molecule has 0 atom stereocenters. The summed E-state index contributed by atoms with van der Waals surface area (Å²) in [5.74, 6) is -1.13.